The summed E-state index contributed by atoms with van der Waals surface area (Å²) in [5.41, 5.74) is 2.38. The third-order valence-corrected chi connectivity index (χ3v) is 3.04. The fraction of sp³-hybridized carbons (Fsp3) is 0.467. The molecule has 0 fully saturated rings. The lowest BCUT2D eigenvalue weighted by Gasteiger charge is -2.20. The van der Waals surface area contributed by atoms with E-state index in [1.54, 1.807) is 0 Å². The second kappa shape index (κ2) is 8.19. The molecule has 0 unspecified atom stereocenters. The normalized spacial score (nSPS) is 10.1. The average Bonchev–Trinajstić information content (AvgIpc) is 2.39. The molecule has 110 valence electrons. The molecule has 0 radical (unpaired) electrons. The van der Waals surface area contributed by atoms with Crippen molar-refractivity contribution in [3.8, 4) is 0 Å². The molecule has 5 heteroatoms. The first kappa shape index (κ1) is 16.0. The van der Waals surface area contributed by atoms with E-state index in [4.69, 9.17) is 5.11 Å². The standard InChI is InChI=1S/C15H22N2O3/c1-3-17(10-8-14(18)19)15(20)16-9-7-13-6-4-5-12(2)11-13/h4-6,11H,3,7-10H2,1-2H3,(H,16,20)(H,18,19). The molecule has 0 aliphatic carbocycles. The minimum Gasteiger partial charge on any atom is -0.481 e. The monoisotopic (exact) mass is 278 g/mol. The number of urea groups is 1. The lowest BCUT2D eigenvalue weighted by molar-refractivity contribution is -0.137. The molecule has 0 atom stereocenters. The van der Waals surface area contributed by atoms with Crippen LogP contribution in [0.15, 0.2) is 24.3 Å². The highest BCUT2D eigenvalue weighted by Crippen LogP contribution is 2.04. The Balaban J connectivity index is 2.36. The van der Waals surface area contributed by atoms with Crippen molar-refractivity contribution in [3.63, 3.8) is 0 Å². The van der Waals surface area contributed by atoms with Gasteiger partial charge >= 0.3 is 12.0 Å². The molecule has 0 saturated carbocycles. The summed E-state index contributed by atoms with van der Waals surface area (Å²) in [6.07, 6.45) is 0.739. The van der Waals surface area contributed by atoms with E-state index in [9.17, 15) is 9.59 Å². The van der Waals surface area contributed by atoms with Gasteiger partial charge in [-0.25, -0.2) is 4.79 Å². The number of nitrogens with zero attached hydrogens (tertiary/aromatic N) is 1. The summed E-state index contributed by atoms with van der Waals surface area (Å²) in [6.45, 7) is 5.16. The van der Waals surface area contributed by atoms with E-state index in [2.05, 4.69) is 11.4 Å². The fourth-order valence-electron chi connectivity index (χ4n) is 1.93. The number of carbonyl (C=O) groups is 2. The second-order valence-corrected chi connectivity index (χ2v) is 4.69. The van der Waals surface area contributed by atoms with Gasteiger partial charge in [0.05, 0.1) is 6.42 Å². The number of hydrogen-bond donors (Lipinski definition) is 2. The number of rotatable bonds is 7. The van der Waals surface area contributed by atoms with Crippen molar-refractivity contribution < 1.29 is 14.7 Å². The molecule has 1 aromatic carbocycles. The van der Waals surface area contributed by atoms with Crippen LogP contribution in [0.2, 0.25) is 0 Å². The van der Waals surface area contributed by atoms with Crippen LogP contribution in [0, 0.1) is 6.92 Å². The molecule has 0 aliphatic rings. The number of carboxylic acid groups (broad SMARTS) is 1. The molecular formula is C15H22N2O3. The molecule has 1 rings (SSSR count). The third-order valence-electron chi connectivity index (χ3n) is 3.04. The van der Waals surface area contributed by atoms with Crippen molar-refractivity contribution in [1.29, 1.82) is 0 Å². The Hall–Kier alpha value is -2.04. The summed E-state index contributed by atoms with van der Waals surface area (Å²) in [5, 5.41) is 11.5. The Morgan fingerprint density at radius 1 is 1.35 bits per heavy atom. The Morgan fingerprint density at radius 3 is 2.70 bits per heavy atom. The fourth-order valence-corrected chi connectivity index (χ4v) is 1.93. The predicted molar refractivity (Wildman–Crippen MR) is 77.8 cm³/mol. The first-order valence-corrected chi connectivity index (χ1v) is 6.83. The Bertz CT molecular complexity index is 460. The van der Waals surface area contributed by atoms with E-state index < -0.39 is 5.97 Å². The van der Waals surface area contributed by atoms with Gasteiger partial charge in [0.15, 0.2) is 0 Å². The summed E-state index contributed by atoms with van der Waals surface area (Å²) in [5.74, 6) is -0.893. The summed E-state index contributed by atoms with van der Waals surface area (Å²) in [6, 6.07) is 7.95. The van der Waals surface area contributed by atoms with Crippen molar-refractivity contribution in [2.45, 2.75) is 26.7 Å². The summed E-state index contributed by atoms with van der Waals surface area (Å²) in [4.78, 5) is 23.9. The minimum atomic E-state index is -0.893. The molecule has 0 spiro atoms. The van der Waals surface area contributed by atoms with Crippen molar-refractivity contribution in [2.75, 3.05) is 19.6 Å². The van der Waals surface area contributed by atoms with Crippen LogP contribution in [-0.2, 0) is 11.2 Å². The lowest BCUT2D eigenvalue weighted by atomic mass is 10.1. The number of nitrogens with one attached hydrogen (secondary N) is 1. The van der Waals surface area contributed by atoms with Crippen LogP contribution in [0.5, 0.6) is 0 Å². The lowest BCUT2D eigenvalue weighted by Crippen LogP contribution is -2.41. The minimum absolute atomic E-state index is 0.0286. The van der Waals surface area contributed by atoms with Gasteiger partial charge in [0.25, 0.3) is 0 Å². The summed E-state index contributed by atoms with van der Waals surface area (Å²) >= 11 is 0. The molecule has 0 saturated heterocycles. The molecule has 2 N–H and O–H groups in total. The van der Waals surface area contributed by atoms with Gasteiger partial charge in [-0.1, -0.05) is 29.8 Å². The van der Waals surface area contributed by atoms with Gasteiger partial charge in [-0.2, -0.15) is 0 Å². The molecule has 0 bridgehead atoms. The number of aliphatic carboxylic acids is 1. The van der Waals surface area contributed by atoms with Crippen molar-refractivity contribution in [3.05, 3.63) is 35.4 Å². The molecule has 20 heavy (non-hydrogen) atoms. The van der Waals surface area contributed by atoms with Crippen LogP contribution in [0.1, 0.15) is 24.5 Å². The number of amides is 2. The Kier molecular flexibility index (Phi) is 6.56. The van der Waals surface area contributed by atoms with E-state index >= 15 is 0 Å². The zero-order valence-corrected chi connectivity index (χ0v) is 12.1. The Labute approximate surface area is 119 Å². The van der Waals surface area contributed by atoms with Crippen LogP contribution in [0.3, 0.4) is 0 Å². The first-order chi connectivity index (χ1) is 9.52. The van der Waals surface area contributed by atoms with Crippen molar-refractivity contribution >= 4 is 12.0 Å². The van der Waals surface area contributed by atoms with Gasteiger partial charge in [-0.15, -0.1) is 0 Å². The van der Waals surface area contributed by atoms with Gasteiger partial charge in [-0.05, 0) is 25.8 Å². The van der Waals surface area contributed by atoms with E-state index in [0.29, 0.717) is 13.1 Å². The largest absolute Gasteiger partial charge is 0.481 e. The predicted octanol–water partition coefficient (Wildman–Crippen LogP) is 2.04. The smallest absolute Gasteiger partial charge is 0.317 e. The number of hydrogen-bond acceptors (Lipinski definition) is 2. The topological polar surface area (TPSA) is 69.6 Å². The van der Waals surface area contributed by atoms with E-state index in [-0.39, 0.29) is 19.0 Å². The molecule has 1 aromatic rings. The van der Waals surface area contributed by atoms with Gasteiger partial charge < -0.3 is 15.3 Å². The summed E-state index contributed by atoms with van der Waals surface area (Å²) in [7, 11) is 0. The molecule has 0 aliphatic heterocycles. The Morgan fingerprint density at radius 2 is 2.10 bits per heavy atom. The molecule has 2 amide bonds. The van der Waals surface area contributed by atoms with Crippen LogP contribution >= 0.6 is 0 Å². The number of carboxylic acids is 1. The zero-order chi connectivity index (χ0) is 15.0. The van der Waals surface area contributed by atoms with E-state index in [1.807, 2.05) is 32.0 Å². The van der Waals surface area contributed by atoms with Crippen LogP contribution in [0.4, 0.5) is 4.79 Å². The number of benzene rings is 1. The average molecular weight is 278 g/mol. The first-order valence-electron chi connectivity index (χ1n) is 6.83. The van der Waals surface area contributed by atoms with Gasteiger partial charge in [0, 0.05) is 19.6 Å². The molecular weight excluding hydrogens is 256 g/mol. The van der Waals surface area contributed by atoms with E-state index in [1.165, 1.54) is 16.0 Å². The summed E-state index contributed by atoms with van der Waals surface area (Å²) < 4.78 is 0. The van der Waals surface area contributed by atoms with Crippen LogP contribution in [0.25, 0.3) is 0 Å². The van der Waals surface area contributed by atoms with E-state index in [0.717, 1.165) is 6.42 Å². The maximum absolute atomic E-state index is 11.9. The highest BCUT2D eigenvalue weighted by Gasteiger charge is 2.11. The van der Waals surface area contributed by atoms with Crippen LogP contribution in [-0.4, -0.2) is 41.6 Å². The molecule has 0 heterocycles. The quantitative estimate of drug-likeness (QED) is 0.802. The maximum Gasteiger partial charge on any atom is 0.317 e. The SMILES string of the molecule is CCN(CCC(=O)O)C(=O)NCCc1cccc(C)c1. The highest BCUT2D eigenvalue weighted by atomic mass is 16.4. The highest BCUT2D eigenvalue weighted by molar-refractivity contribution is 5.75. The number of aryl methyl sites for hydroxylation is 1. The zero-order valence-electron chi connectivity index (χ0n) is 12.1. The number of carbonyl (C=O) groups excluding carboxylic acids is 1. The van der Waals surface area contributed by atoms with Gasteiger partial charge in [0.1, 0.15) is 0 Å². The molecule has 5 nitrogen and oxygen atoms in total. The van der Waals surface area contributed by atoms with Crippen molar-refractivity contribution in [2.24, 2.45) is 0 Å². The molecule has 0 aromatic heterocycles. The second-order valence-electron chi connectivity index (χ2n) is 4.69. The van der Waals surface area contributed by atoms with Crippen molar-refractivity contribution in [1.82, 2.24) is 10.2 Å². The third kappa shape index (κ3) is 5.73. The van der Waals surface area contributed by atoms with Crippen LogP contribution < -0.4 is 5.32 Å². The van der Waals surface area contributed by atoms with Gasteiger partial charge in [0.2, 0.25) is 0 Å². The van der Waals surface area contributed by atoms with Gasteiger partial charge in [-0.3, -0.25) is 4.79 Å². The maximum atomic E-state index is 11.9.